The first-order valence-corrected chi connectivity index (χ1v) is 16.8. The number of aromatic nitrogens is 1. The monoisotopic (exact) mass is 673 g/mol. The van der Waals surface area contributed by atoms with Gasteiger partial charge in [-0.25, -0.2) is 0 Å². The van der Waals surface area contributed by atoms with Crippen molar-refractivity contribution in [1.29, 1.82) is 0 Å². The number of rotatable bonds is 13. The van der Waals surface area contributed by atoms with Crippen molar-refractivity contribution in [3.05, 3.63) is 137 Å². The molecule has 5 aromatic rings. The summed E-state index contributed by atoms with van der Waals surface area (Å²) < 4.78 is 49.2. The summed E-state index contributed by atoms with van der Waals surface area (Å²) in [5, 5.41) is 4.17. The van der Waals surface area contributed by atoms with E-state index in [-0.39, 0.29) is 36.0 Å². The van der Waals surface area contributed by atoms with Gasteiger partial charge in [0.05, 0.1) is 22.7 Å². The van der Waals surface area contributed by atoms with Crippen LogP contribution in [0.3, 0.4) is 0 Å². The standard InChI is InChI=1S/C39H39ClF3N3O2/c40-38-30(15-9-16-34(38)39(41,42)43)26-44-31(25-33(28-11-3-1-4-12-28)29-13-5-2-6-14-29)20-24-48-36-18-10-17-35-32(36)19-23-46(35)27-37(47)45-21-7-8-22-45/h1-6,9-19,23,31,33,44H,7-8,20-22,24-27H2. The SMILES string of the molecule is O=C(Cn1ccc2c(OCCC(CC(c3ccccc3)c3ccccc3)NCc3cccc(C(F)(F)F)c3Cl)cccc21)N1CCCC1. The van der Waals surface area contributed by atoms with Crippen molar-refractivity contribution < 1.29 is 22.7 Å². The van der Waals surface area contributed by atoms with Crippen LogP contribution in [-0.4, -0.2) is 41.1 Å². The molecule has 1 N–H and O–H groups in total. The summed E-state index contributed by atoms with van der Waals surface area (Å²) >= 11 is 6.27. The number of ether oxygens (including phenoxy) is 1. The lowest BCUT2D eigenvalue weighted by atomic mass is 9.85. The highest BCUT2D eigenvalue weighted by atomic mass is 35.5. The number of nitrogens with one attached hydrogen (secondary N) is 1. The lowest BCUT2D eigenvalue weighted by Gasteiger charge is -2.26. The van der Waals surface area contributed by atoms with Crippen molar-refractivity contribution in [3.8, 4) is 5.75 Å². The van der Waals surface area contributed by atoms with Crippen molar-refractivity contribution in [2.75, 3.05) is 19.7 Å². The van der Waals surface area contributed by atoms with Gasteiger partial charge in [-0.3, -0.25) is 4.79 Å². The van der Waals surface area contributed by atoms with Crippen molar-refractivity contribution in [3.63, 3.8) is 0 Å². The Kier molecular flexibility index (Phi) is 10.7. The van der Waals surface area contributed by atoms with E-state index in [0.29, 0.717) is 25.0 Å². The molecule has 0 saturated carbocycles. The summed E-state index contributed by atoms with van der Waals surface area (Å²) in [6.07, 6.45) is 0.782. The molecule has 5 nitrogen and oxygen atoms in total. The Labute approximate surface area is 284 Å². The van der Waals surface area contributed by atoms with Crippen molar-refractivity contribution in [2.45, 2.75) is 56.9 Å². The number of carbonyl (C=O) groups is 1. The second-order valence-corrected chi connectivity index (χ2v) is 12.7. The molecule has 1 saturated heterocycles. The molecular weight excluding hydrogens is 635 g/mol. The van der Waals surface area contributed by atoms with E-state index in [4.69, 9.17) is 16.3 Å². The Morgan fingerprint density at radius 1 is 0.854 bits per heavy atom. The van der Waals surface area contributed by atoms with Crippen molar-refractivity contribution in [1.82, 2.24) is 14.8 Å². The van der Waals surface area contributed by atoms with E-state index in [2.05, 4.69) is 29.6 Å². The maximum absolute atomic E-state index is 13.6. The molecule has 0 aliphatic carbocycles. The minimum absolute atomic E-state index is 0.0486. The maximum atomic E-state index is 13.6. The molecule has 1 aliphatic rings. The number of hydrogen-bond acceptors (Lipinski definition) is 3. The Hall–Kier alpha value is -4.27. The minimum atomic E-state index is -4.53. The Morgan fingerprint density at radius 2 is 1.52 bits per heavy atom. The molecule has 1 unspecified atom stereocenters. The lowest BCUT2D eigenvalue weighted by Crippen LogP contribution is -2.32. The molecule has 1 aromatic heterocycles. The van der Waals surface area contributed by atoms with Gasteiger partial charge in [0.2, 0.25) is 5.91 Å². The average molecular weight is 674 g/mol. The second-order valence-electron chi connectivity index (χ2n) is 12.3. The second kappa shape index (κ2) is 15.3. The zero-order chi connectivity index (χ0) is 33.5. The molecule has 1 atom stereocenters. The highest BCUT2D eigenvalue weighted by Crippen LogP contribution is 2.37. The van der Waals surface area contributed by atoms with Gasteiger partial charge in [0.1, 0.15) is 12.3 Å². The van der Waals surface area contributed by atoms with Crippen LogP contribution in [0.5, 0.6) is 5.75 Å². The molecule has 6 rings (SSSR count). The van der Waals surface area contributed by atoms with E-state index >= 15 is 0 Å². The summed E-state index contributed by atoms with van der Waals surface area (Å²) in [5.74, 6) is 0.896. The molecule has 4 aromatic carbocycles. The van der Waals surface area contributed by atoms with Gasteiger partial charge in [0.25, 0.3) is 0 Å². The predicted molar refractivity (Wildman–Crippen MR) is 184 cm³/mol. The van der Waals surface area contributed by atoms with Gasteiger partial charge in [-0.2, -0.15) is 13.2 Å². The molecule has 0 bridgehead atoms. The molecule has 48 heavy (non-hydrogen) atoms. The molecular formula is C39H39ClF3N3O2. The van der Waals surface area contributed by atoms with Crippen LogP contribution in [0.15, 0.2) is 109 Å². The van der Waals surface area contributed by atoms with E-state index in [0.717, 1.165) is 59.8 Å². The number of alkyl halides is 3. The normalized spacial score (nSPS) is 14.1. The quantitative estimate of drug-likeness (QED) is 0.136. The van der Waals surface area contributed by atoms with Gasteiger partial charge < -0.3 is 19.5 Å². The predicted octanol–water partition coefficient (Wildman–Crippen LogP) is 9.09. The number of hydrogen-bond donors (Lipinski definition) is 1. The first kappa shape index (κ1) is 33.6. The molecule has 1 aliphatic heterocycles. The molecule has 250 valence electrons. The number of fused-ring (bicyclic) bond motifs is 1. The molecule has 9 heteroatoms. The number of carbonyl (C=O) groups excluding carboxylic acids is 1. The highest BCUT2D eigenvalue weighted by Gasteiger charge is 2.34. The van der Waals surface area contributed by atoms with Gasteiger partial charge in [0, 0.05) is 43.2 Å². The van der Waals surface area contributed by atoms with Crippen LogP contribution in [0.25, 0.3) is 10.9 Å². The van der Waals surface area contributed by atoms with Crippen molar-refractivity contribution in [2.24, 2.45) is 0 Å². The number of amides is 1. The third-order valence-electron chi connectivity index (χ3n) is 9.15. The Balaban J connectivity index is 1.20. The van der Waals surface area contributed by atoms with Crippen LogP contribution < -0.4 is 10.1 Å². The number of likely N-dealkylation sites (tertiary alicyclic amines) is 1. The lowest BCUT2D eigenvalue weighted by molar-refractivity contribution is -0.137. The summed E-state index contributed by atoms with van der Waals surface area (Å²) in [5.41, 5.74) is 2.80. The van der Waals surface area contributed by atoms with Gasteiger partial charge in [-0.05, 0) is 66.6 Å². The maximum Gasteiger partial charge on any atom is 0.417 e. The Bertz CT molecular complexity index is 1760. The molecule has 1 fully saturated rings. The van der Waals surface area contributed by atoms with E-state index in [1.807, 2.05) is 76.3 Å². The van der Waals surface area contributed by atoms with E-state index in [1.165, 1.54) is 6.07 Å². The smallest absolute Gasteiger partial charge is 0.417 e. The van der Waals surface area contributed by atoms with Crippen molar-refractivity contribution >= 4 is 28.4 Å². The third kappa shape index (κ3) is 8.05. The average Bonchev–Trinajstić information content (AvgIpc) is 3.78. The van der Waals surface area contributed by atoms with Gasteiger partial charge in [0.15, 0.2) is 0 Å². The van der Waals surface area contributed by atoms with Crippen LogP contribution in [0.1, 0.15) is 53.9 Å². The van der Waals surface area contributed by atoms with Gasteiger partial charge in [-0.15, -0.1) is 0 Å². The van der Waals surface area contributed by atoms with E-state index < -0.39 is 11.7 Å². The number of halogens is 4. The first-order chi connectivity index (χ1) is 23.3. The summed E-state index contributed by atoms with van der Waals surface area (Å²) in [7, 11) is 0. The third-order valence-corrected chi connectivity index (χ3v) is 9.60. The zero-order valence-electron chi connectivity index (χ0n) is 26.6. The van der Waals surface area contributed by atoms with Gasteiger partial charge in [-0.1, -0.05) is 90.5 Å². The number of nitrogens with zero attached hydrogens (tertiary/aromatic N) is 2. The highest BCUT2D eigenvalue weighted by molar-refractivity contribution is 6.32. The van der Waals surface area contributed by atoms with Crippen LogP contribution >= 0.6 is 11.6 Å². The van der Waals surface area contributed by atoms with Crippen LogP contribution in [0.2, 0.25) is 5.02 Å². The fourth-order valence-electron chi connectivity index (χ4n) is 6.59. The first-order valence-electron chi connectivity index (χ1n) is 16.4. The van der Waals surface area contributed by atoms with E-state index in [9.17, 15) is 18.0 Å². The van der Waals surface area contributed by atoms with Crippen LogP contribution in [0.4, 0.5) is 13.2 Å². The summed E-state index contributed by atoms with van der Waals surface area (Å²) in [4.78, 5) is 14.8. The fraction of sp³-hybridized carbons (Fsp3) is 0.308. The molecule has 2 heterocycles. The minimum Gasteiger partial charge on any atom is -0.493 e. The number of benzene rings is 4. The van der Waals surface area contributed by atoms with Crippen LogP contribution in [0, 0.1) is 0 Å². The van der Waals surface area contributed by atoms with Crippen LogP contribution in [-0.2, 0) is 24.1 Å². The molecule has 1 amide bonds. The van der Waals surface area contributed by atoms with E-state index in [1.54, 1.807) is 6.07 Å². The molecule has 0 radical (unpaired) electrons. The van der Waals surface area contributed by atoms with Gasteiger partial charge >= 0.3 is 6.18 Å². The summed E-state index contributed by atoms with van der Waals surface area (Å²) in [6, 6.07) is 32.2. The molecule has 0 spiro atoms. The summed E-state index contributed by atoms with van der Waals surface area (Å²) in [6.45, 7) is 2.47. The topological polar surface area (TPSA) is 46.5 Å². The fourth-order valence-corrected chi connectivity index (χ4v) is 6.89. The largest absolute Gasteiger partial charge is 0.493 e. The Morgan fingerprint density at radius 3 is 2.19 bits per heavy atom. The zero-order valence-corrected chi connectivity index (χ0v) is 27.4.